The number of allylic oxidation sites excluding steroid dienone is 1. The van der Waals surface area contributed by atoms with Crippen LogP contribution in [0.15, 0.2) is 11.6 Å². The highest BCUT2D eigenvalue weighted by atomic mass is 16.7. The summed E-state index contributed by atoms with van der Waals surface area (Å²) in [7, 11) is 0. The first-order chi connectivity index (χ1) is 14.6. The molecular weight excluding hydrogens is 388 g/mol. The molecule has 2 heterocycles. The summed E-state index contributed by atoms with van der Waals surface area (Å²) < 4.78 is 13.1. The summed E-state index contributed by atoms with van der Waals surface area (Å²) in [6.07, 6.45) is 11.5. The Kier molecular flexibility index (Phi) is 4.49. The second-order valence-corrected chi connectivity index (χ2v) is 12.8. The van der Waals surface area contributed by atoms with Crippen LogP contribution in [-0.2, 0) is 9.47 Å². The summed E-state index contributed by atoms with van der Waals surface area (Å²) in [6, 6.07) is 0. The van der Waals surface area contributed by atoms with E-state index < -0.39 is 11.4 Å². The smallest absolute Gasteiger partial charge is 0.174 e. The number of aliphatic hydroxyl groups is 2. The molecule has 0 aromatic carbocycles. The number of hydrogen-bond acceptors (Lipinski definition) is 4. The quantitative estimate of drug-likeness (QED) is 0.541. The second-order valence-electron chi connectivity index (χ2n) is 12.8. The number of ether oxygens (including phenoxy) is 2. The van der Waals surface area contributed by atoms with E-state index in [-0.39, 0.29) is 29.0 Å². The average molecular weight is 431 g/mol. The number of aliphatic hydroxyl groups excluding tert-OH is 1. The topological polar surface area (TPSA) is 58.9 Å². The predicted molar refractivity (Wildman–Crippen MR) is 119 cm³/mol. The van der Waals surface area contributed by atoms with Crippen LogP contribution in [0.5, 0.6) is 0 Å². The molecule has 11 atom stereocenters. The third-order valence-electron chi connectivity index (χ3n) is 11.6. The van der Waals surface area contributed by atoms with Gasteiger partial charge in [-0.2, -0.15) is 0 Å². The molecule has 0 unspecified atom stereocenters. The maximum Gasteiger partial charge on any atom is 0.174 e. The van der Waals surface area contributed by atoms with E-state index in [0.717, 1.165) is 58.0 Å². The first kappa shape index (κ1) is 21.1. The molecule has 0 amide bonds. The summed E-state index contributed by atoms with van der Waals surface area (Å²) in [5.41, 5.74) is 0.849. The van der Waals surface area contributed by atoms with Gasteiger partial charge in [0.15, 0.2) is 5.79 Å². The zero-order valence-electron chi connectivity index (χ0n) is 19.9. The summed E-state index contributed by atoms with van der Waals surface area (Å²) in [5.74, 6) is 1.81. The van der Waals surface area contributed by atoms with Gasteiger partial charge in [-0.1, -0.05) is 39.3 Å². The van der Waals surface area contributed by atoms with E-state index in [0.29, 0.717) is 23.7 Å². The van der Waals surface area contributed by atoms with Crippen LogP contribution in [0.4, 0.5) is 0 Å². The van der Waals surface area contributed by atoms with Gasteiger partial charge in [0.25, 0.3) is 0 Å². The normalized spacial score (nSPS) is 60.7. The third kappa shape index (κ3) is 2.52. The molecule has 0 radical (unpaired) electrons. The predicted octanol–water partition coefficient (Wildman–Crippen LogP) is 4.83. The van der Waals surface area contributed by atoms with Gasteiger partial charge in [0.2, 0.25) is 0 Å². The average Bonchev–Trinajstić information content (AvgIpc) is 3.09. The van der Waals surface area contributed by atoms with Crippen LogP contribution in [-0.4, -0.2) is 40.4 Å². The van der Waals surface area contributed by atoms with Crippen LogP contribution in [0, 0.1) is 40.4 Å². The molecule has 6 rings (SSSR count). The summed E-state index contributed by atoms with van der Waals surface area (Å²) in [5, 5.41) is 22.7. The lowest BCUT2D eigenvalue weighted by Gasteiger charge is -2.59. The van der Waals surface area contributed by atoms with E-state index in [1.807, 2.05) is 0 Å². The Balaban J connectivity index is 1.32. The van der Waals surface area contributed by atoms with Crippen molar-refractivity contribution in [1.29, 1.82) is 0 Å². The van der Waals surface area contributed by atoms with E-state index in [1.54, 1.807) is 0 Å². The largest absolute Gasteiger partial charge is 0.393 e. The van der Waals surface area contributed by atoms with E-state index >= 15 is 0 Å². The Labute approximate surface area is 187 Å². The molecule has 0 aromatic rings. The molecule has 31 heavy (non-hydrogen) atoms. The standard InChI is InChI=1S/C27H42O4/c1-16-7-12-26(30-15-16)17(2)27(29)23(31-26)14-22-20-6-5-18-13-19(28)8-10-24(18,3)21(20)9-11-25(22,27)4/h5,16-17,19-23,28-29H,6-15H2,1-4H3/t16-,17-,19+,20-,21+,22+,23+,24+,25+,26-,27-/m1/s1. The molecule has 4 aliphatic carbocycles. The SMILES string of the molecule is C[C@@H]1CC[C@@]2(OC1)O[C@H]1C[C@H]3[C@@H]4CC=C5C[C@@H](O)CC[C@]5(C)[C@H]4CC[C@]3(C)[C@@]1(O)[C@@H]2C. The molecule has 1 spiro atoms. The van der Waals surface area contributed by atoms with Gasteiger partial charge in [-0.25, -0.2) is 0 Å². The molecular formula is C27H42O4. The zero-order valence-corrected chi connectivity index (χ0v) is 19.9. The van der Waals surface area contributed by atoms with Gasteiger partial charge in [-0.05, 0) is 80.5 Å². The molecule has 0 aromatic heterocycles. The Morgan fingerprint density at radius 2 is 1.84 bits per heavy atom. The van der Waals surface area contributed by atoms with Gasteiger partial charge in [0.1, 0.15) is 5.60 Å². The molecule has 174 valence electrons. The second kappa shape index (κ2) is 6.58. The van der Waals surface area contributed by atoms with Crippen LogP contribution in [0.1, 0.15) is 85.5 Å². The van der Waals surface area contributed by atoms with Crippen LogP contribution in [0.25, 0.3) is 0 Å². The highest BCUT2D eigenvalue weighted by Gasteiger charge is 2.76. The Hall–Kier alpha value is -0.420. The van der Waals surface area contributed by atoms with Gasteiger partial charge in [-0.15, -0.1) is 0 Å². The lowest BCUT2D eigenvalue weighted by atomic mass is 9.46. The monoisotopic (exact) mass is 430 g/mol. The lowest BCUT2D eigenvalue weighted by molar-refractivity contribution is -0.274. The van der Waals surface area contributed by atoms with Crippen molar-refractivity contribution in [3.8, 4) is 0 Å². The van der Waals surface area contributed by atoms with Gasteiger partial charge in [-0.3, -0.25) is 0 Å². The van der Waals surface area contributed by atoms with Gasteiger partial charge in [0.05, 0.1) is 18.8 Å². The molecule has 2 aliphatic heterocycles. The van der Waals surface area contributed by atoms with Crippen molar-refractivity contribution >= 4 is 0 Å². The summed E-state index contributed by atoms with van der Waals surface area (Å²) >= 11 is 0. The minimum Gasteiger partial charge on any atom is -0.393 e. The van der Waals surface area contributed by atoms with Crippen molar-refractivity contribution in [2.75, 3.05) is 6.61 Å². The van der Waals surface area contributed by atoms with Crippen LogP contribution >= 0.6 is 0 Å². The van der Waals surface area contributed by atoms with Crippen molar-refractivity contribution in [3.05, 3.63) is 11.6 Å². The third-order valence-corrected chi connectivity index (χ3v) is 11.6. The van der Waals surface area contributed by atoms with Crippen molar-refractivity contribution < 1.29 is 19.7 Å². The van der Waals surface area contributed by atoms with Gasteiger partial charge in [0, 0.05) is 17.8 Å². The minimum atomic E-state index is -0.795. The molecule has 3 saturated carbocycles. The number of hydrogen-bond donors (Lipinski definition) is 2. The number of rotatable bonds is 0. The zero-order chi connectivity index (χ0) is 21.8. The van der Waals surface area contributed by atoms with E-state index in [1.165, 1.54) is 12.0 Å². The molecule has 6 aliphatic rings. The Morgan fingerprint density at radius 1 is 1.03 bits per heavy atom. The van der Waals surface area contributed by atoms with E-state index in [9.17, 15) is 10.2 Å². The molecule has 2 saturated heterocycles. The fourth-order valence-corrected chi connectivity index (χ4v) is 9.58. The molecule has 4 heteroatoms. The molecule has 5 fully saturated rings. The highest BCUT2D eigenvalue weighted by Crippen LogP contribution is 2.72. The fourth-order valence-electron chi connectivity index (χ4n) is 9.58. The van der Waals surface area contributed by atoms with Crippen molar-refractivity contribution in [1.82, 2.24) is 0 Å². The first-order valence-electron chi connectivity index (χ1n) is 13.1. The van der Waals surface area contributed by atoms with E-state index in [2.05, 4.69) is 33.8 Å². The Bertz CT molecular complexity index is 784. The van der Waals surface area contributed by atoms with Crippen molar-refractivity contribution in [2.24, 2.45) is 40.4 Å². The van der Waals surface area contributed by atoms with Crippen molar-refractivity contribution in [2.45, 2.75) is 109 Å². The number of fused-ring (bicyclic) bond motifs is 7. The van der Waals surface area contributed by atoms with E-state index in [4.69, 9.17) is 9.47 Å². The highest BCUT2D eigenvalue weighted by molar-refractivity contribution is 5.28. The minimum absolute atomic E-state index is 0.0131. The maximum absolute atomic E-state index is 12.4. The molecule has 4 nitrogen and oxygen atoms in total. The van der Waals surface area contributed by atoms with Crippen molar-refractivity contribution in [3.63, 3.8) is 0 Å². The van der Waals surface area contributed by atoms with Gasteiger partial charge < -0.3 is 19.7 Å². The fraction of sp³-hybridized carbons (Fsp3) is 0.926. The molecule has 2 N–H and O–H groups in total. The first-order valence-corrected chi connectivity index (χ1v) is 13.1. The Morgan fingerprint density at radius 3 is 2.58 bits per heavy atom. The van der Waals surface area contributed by atoms with Gasteiger partial charge >= 0.3 is 0 Å². The summed E-state index contributed by atoms with van der Waals surface area (Å²) in [4.78, 5) is 0. The van der Waals surface area contributed by atoms with Crippen LogP contribution < -0.4 is 0 Å². The molecule has 0 bridgehead atoms. The maximum atomic E-state index is 12.4. The van der Waals surface area contributed by atoms with Crippen LogP contribution in [0.2, 0.25) is 0 Å². The lowest BCUT2D eigenvalue weighted by Crippen LogP contribution is -2.59. The van der Waals surface area contributed by atoms with Crippen LogP contribution in [0.3, 0.4) is 0 Å². The summed E-state index contributed by atoms with van der Waals surface area (Å²) in [6.45, 7) is 10.1.